The fraction of sp³-hybridized carbons (Fsp3) is 0.615. The number of aliphatic carboxylic acids is 1. The molecule has 1 N–H and O–H groups in total. The van der Waals surface area contributed by atoms with Crippen LogP contribution in [0.5, 0.6) is 0 Å². The summed E-state index contributed by atoms with van der Waals surface area (Å²) >= 11 is 0. The average molecular weight is 314 g/mol. The number of hydrogen-bond donors (Lipinski definition) is 1. The Morgan fingerprint density at radius 3 is 2.15 bits per heavy atom. The molecule has 0 spiro atoms. The molecular weight excluding hydrogens is 292 g/mol. The standard InChI is InChI=1S/C13H20O6.Ca.2H/c1-2-6-12(16)18-9-3-4-10-19-13(17)8-5-7-11(14)15;;;/h2,6H,3-5,7-10H2,1H3,(H,14,15);;;. The Morgan fingerprint density at radius 1 is 1.00 bits per heavy atom. The third-order valence-electron chi connectivity index (χ3n) is 2.12. The first-order chi connectivity index (χ1) is 9.06. The van der Waals surface area contributed by atoms with Crippen molar-refractivity contribution in [1.82, 2.24) is 0 Å². The van der Waals surface area contributed by atoms with Crippen molar-refractivity contribution in [3.05, 3.63) is 12.2 Å². The first-order valence-corrected chi connectivity index (χ1v) is 6.23. The van der Waals surface area contributed by atoms with Crippen molar-refractivity contribution in [2.24, 2.45) is 0 Å². The Balaban J connectivity index is 0. The van der Waals surface area contributed by atoms with Crippen LogP contribution in [0.4, 0.5) is 0 Å². The van der Waals surface area contributed by atoms with Gasteiger partial charge >= 0.3 is 55.6 Å². The van der Waals surface area contributed by atoms with E-state index in [4.69, 9.17) is 14.6 Å². The monoisotopic (exact) mass is 314 g/mol. The Hall–Kier alpha value is -0.590. The molecule has 0 fully saturated rings. The van der Waals surface area contributed by atoms with Gasteiger partial charge < -0.3 is 14.6 Å². The van der Waals surface area contributed by atoms with E-state index in [0.29, 0.717) is 19.4 Å². The number of rotatable bonds is 10. The number of hydrogen-bond acceptors (Lipinski definition) is 5. The summed E-state index contributed by atoms with van der Waals surface area (Å²) in [5.74, 6) is -1.70. The third-order valence-corrected chi connectivity index (χ3v) is 2.12. The van der Waals surface area contributed by atoms with Crippen molar-refractivity contribution in [3.63, 3.8) is 0 Å². The first-order valence-electron chi connectivity index (χ1n) is 6.23. The van der Waals surface area contributed by atoms with Gasteiger partial charge in [-0.05, 0) is 26.2 Å². The second kappa shape index (κ2) is 14.8. The van der Waals surface area contributed by atoms with E-state index in [1.165, 1.54) is 6.08 Å². The fourth-order valence-electron chi connectivity index (χ4n) is 1.20. The zero-order valence-electron chi connectivity index (χ0n) is 11.1. The van der Waals surface area contributed by atoms with Crippen LogP contribution in [0.2, 0.25) is 0 Å². The summed E-state index contributed by atoms with van der Waals surface area (Å²) in [5, 5.41) is 8.38. The number of allylic oxidation sites excluding steroid dienone is 1. The molecule has 0 aromatic carbocycles. The topological polar surface area (TPSA) is 89.9 Å². The van der Waals surface area contributed by atoms with Gasteiger partial charge in [-0.1, -0.05) is 6.08 Å². The molecule has 0 radical (unpaired) electrons. The third kappa shape index (κ3) is 15.5. The molecule has 0 aromatic rings. The van der Waals surface area contributed by atoms with Crippen molar-refractivity contribution in [1.29, 1.82) is 0 Å². The van der Waals surface area contributed by atoms with Gasteiger partial charge in [0.05, 0.1) is 13.2 Å². The molecular formula is C13H22CaO6. The Labute approximate surface area is 148 Å². The molecule has 0 saturated carbocycles. The van der Waals surface area contributed by atoms with Gasteiger partial charge in [-0.2, -0.15) is 0 Å². The summed E-state index contributed by atoms with van der Waals surface area (Å²) < 4.78 is 9.74. The molecule has 0 aliphatic heterocycles. The maximum absolute atomic E-state index is 11.1. The van der Waals surface area contributed by atoms with Crippen LogP contribution >= 0.6 is 0 Å². The average Bonchev–Trinajstić information content (AvgIpc) is 2.33. The van der Waals surface area contributed by atoms with E-state index in [2.05, 4.69) is 0 Å². The molecule has 0 heterocycles. The summed E-state index contributed by atoms with van der Waals surface area (Å²) in [5.41, 5.74) is 0. The summed E-state index contributed by atoms with van der Waals surface area (Å²) in [6.07, 6.45) is 4.52. The maximum atomic E-state index is 11.1. The molecule has 20 heavy (non-hydrogen) atoms. The minimum atomic E-state index is -0.921. The van der Waals surface area contributed by atoms with Gasteiger partial charge in [0.25, 0.3) is 0 Å². The minimum absolute atomic E-state index is 0. The van der Waals surface area contributed by atoms with E-state index in [1.54, 1.807) is 13.0 Å². The van der Waals surface area contributed by atoms with Crippen molar-refractivity contribution in [2.45, 2.75) is 39.0 Å². The quantitative estimate of drug-likeness (QED) is 0.277. The van der Waals surface area contributed by atoms with Gasteiger partial charge in [0.1, 0.15) is 0 Å². The summed E-state index contributed by atoms with van der Waals surface area (Å²) in [6.45, 7) is 2.28. The van der Waals surface area contributed by atoms with Gasteiger partial charge in [0.2, 0.25) is 0 Å². The van der Waals surface area contributed by atoms with E-state index >= 15 is 0 Å². The van der Waals surface area contributed by atoms with Crippen LogP contribution < -0.4 is 0 Å². The predicted octanol–water partition coefficient (Wildman–Crippen LogP) is 0.768. The zero-order chi connectivity index (χ0) is 14.5. The van der Waals surface area contributed by atoms with E-state index < -0.39 is 11.9 Å². The van der Waals surface area contributed by atoms with E-state index in [1.807, 2.05) is 0 Å². The first kappa shape index (κ1) is 21.7. The molecule has 0 aliphatic carbocycles. The van der Waals surface area contributed by atoms with Crippen LogP contribution in [0, 0.1) is 0 Å². The van der Waals surface area contributed by atoms with Crippen LogP contribution in [0.1, 0.15) is 39.0 Å². The SMILES string of the molecule is CC=CC(=O)OCCCCOC(=O)CCCC(=O)O.[CaH2]. The van der Waals surface area contributed by atoms with Crippen molar-refractivity contribution in [3.8, 4) is 0 Å². The molecule has 0 unspecified atom stereocenters. The van der Waals surface area contributed by atoms with E-state index in [9.17, 15) is 14.4 Å². The molecule has 0 atom stereocenters. The number of carbonyl (C=O) groups is 3. The van der Waals surface area contributed by atoms with E-state index in [0.717, 1.165) is 0 Å². The van der Waals surface area contributed by atoms with Gasteiger partial charge in [0.15, 0.2) is 0 Å². The fourth-order valence-corrected chi connectivity index (χ4v) is 1.20. The van der Waals surface area contributed by atoms with Crippen LogP contribution in [0.25, 0.3) is 0 Å². The second-order valence-electron chi connectivity index (χ2n) is 3.84. The van der Waals surface area contributed by atoms with Crippen molar-refractivity contribution < 1.29 is 29.0 Å². The Morgan fingerprint density at radius 2 is 1.60 bits per heavy atom. The summed E-state index contributed by atoms with van der Waals surface area (Å²) in [4.78, 5) is 32.3. The molecule has 0 rings (SSSR count). The number of ether oxygens (including phenoxy) is 2. The number of unbranched alkanes of at least 4 members (excludes halogenated alkanes) is 1. The van der Waals surface area contributed by atoms with Crippen LogP contribution in [-0.2, 0) is 23.9 Å². The number of carbonyl (C=O) groups excluding carboxylic acids is 2. The Kier molecular flexibility index (Phi) is 16.1. The Bertz CT molecular complexity index is 327. The van der Waals surface area contributed by atoms with Gasteiger partial charge in [0, 0.05) is 18.9 Å². The second-order valence-corrected chi connectivity index (χ2v) is 3.84. The van der Waals surface area contributed by atoms with E-state index in [-0.39, 0.29) is 69.6 Å². The van der Waals surface area contributed by atoms with Crippen LogP contribution in [0.3, 0.4) is 0 Å². The molecule has 0 amide bonds. The number of carboxylic acids is 1. The number of carboxylic acid groups (broad SMARTS) is 1. The van der Waals surface area contributed by atoms with Gasteiger partial charge in [-0.15, -0.1) is 0 Å². The van der Waals surface area contributed by atoms with Crippen molar-refractivity contribution >= 4 is 55.6 Å². The molecule has 0 bridgehead atoms. The molecule has 6 nitrogen and oxygen atoms in total. The molecule has 0 saturated heterocycles. The summed E-state index contributed by atoms with van der Waals surface area (Å²) in [6, 6.07) is 0. The van der Waals surface area contributed by atoms with Gasteiger partial charge in [-0.3, -0.25) is 9.59 Å². The van der Waals surface area contributed by atoms with Crippen LogP contribution in [0.15, 0.2) is 12.2 Å². The number of esters is 2. The van der Waals surface area contributed by atoms with Crippen LogP contribution in [-0.4, -0.2) is 74.0 Å². The molecule has 0 aliphatic rings. The molecule has 112 valence electrons. The molecule has 7 heteroatoms. The summed E-state index contributed by atoms with van der Waals surface area (Å²) in [7, 11) is 0. The zero-order valence-corrected chi connectivity index (χ0v) is 11.1. The normalized spacial score (nSPS) is 9.85. The van der Waals surface area contributed by atoms with Crippen molar-refractivity contribution in [2.75, 3.05) is 13.2 Å². The predicted molar refractivity (Wildman–Crippen MR) is 76.0 cm³/mol. The molecule has 0 aromatic heterocycles. The van der Waals surface area contributed by atoms with Gasteiger partial charge in [-0.25, -0.2) is 4.79 Å².